The third-order valence-corrected chi connectivity index (χ3v) is 6.81. The molecule has 1 amide bonds. The van der Waals surface area contributed by atoms with E-state index >= 15 is 0 Å². The second kappa shape index (κ2) is 11.7. The first kappa shape index (κ1) is 25.3. The molecule has 0 radical (unpaired) electrons. The van der Waals surface area contributed by atoms with Gasteiger partial charge >= 0.3 is 0 Å². The molecule has 1 aliphatic heterocycles. The minimum Gasteiger partial charge on any atom is -0.493 e. The Kier molecular flexibility index (Phi) is 8.23. The summed E-state index contributed by atoms with van der Waals surface area (Å²) in [5.74, 6) is 0.949. The zero-order valence-corrected chi connectivity index (χ0v) is 21.1. The summed E-state index contributed by atoms with van der Waals surface area (Å²) in [4.78, 5) is 29.8. The van der Waals surface area contributed by atoms with Gasteiger partial charge in [0.05, 0.1) is 25.5 Å². The Morgan fingerprint density at radius 1 is 0.944 bits per heavy atom. The van der Waals surface area contributed by atoms with E-state index in [1.54, 1.807) is 26.4 Å². The number of piperazine rings is 1. The Hall–Kier alpha value is -3.84. The van der Waals surface area contributed by atoms with E-state index < -0.39 is 0 Å². The lowest BCUT2D eigenvalue weighted by molar-refractivity contribution is 0.0945. The molecular formula is C29H33N3O4. The first-order chi connectivity index (χ1) is 17.5. The SMILES string of the molecule is COc1ccc(CNC(=O)c2c(C=O)cccc2N2CCN(C(C)c3ccccc3)CC2)cc1OC. The molecule has 0 bridgehead atoms. The van der Waals surface area contributed by atoms with E-state index in [-0.39, 0.29) is 5.91 Å². The molecule has 188 valence electrons. The molecule has 1 saturated heterocycles. The van der Waals surface area contributed by atoms with Gasteiger partial charge in [-0.3, -0.25) is 14.5 Å². The van der Waals surface area contributed by atoms with Crippen LogP contribution in [-0.4, -0.2) is 57.5 Å². The van der Waals surface area contributed by atoms with Crippen LogP contribution in [0.15, 0.2) is 66.7 Å². The third kappa shape index (κ3) is 5.52. The van der Waals surface area contributed by atoms with Gasteiger partial charge in [0.2, 0.25) is 0 Å². The number of aldehydes is 1. The van der Waals surface area contributed by atoms with Crippen molar-refractivity contribution in [3.63, 3.8) is 0 Å². The van der Waals surface area contributed by atoms with Crippen LogP contribution in [0.2, 0.25) is 0 Å². The van der Waals surface area contributed by atoms with Crippen LogP contribution in [0.3, 0.4) is 0 Å². The summed E-state index contributed by atoms with van der Waals surface area (Å²) in [7, 11) is 3.16. The highest BCUT2D eigenvalue weighted by Gasteiger charge is 2.26. The van der Waals surface area contributed by atoms with E-state index in [9.17, 15) is 9.59 Å². The molecule has 0 aliphatic carbocycles. The van der Waals surface area contributed by atoms with Gasteiger partial charge in [-0.05, 0) is 36.2 Å². The van der Waals surface area contributed by atoms with E-state index in [1.165, 1.54) is 5.56 Å². The number of anilines is 1. The first-order valence-corrected chi connectivity index (χ1v) is 12.2. The van der Waals surface area contributed by atoms with Gasteiger partial charge in [0.25, 0.3) is 5.91 Å². The van der Waals surface area contributed by atoms with Gasteiger partial charge in [-0.1, -0.05) is 48.5 Å². The first-order valence-electron chi connectivity index (χ1n) is 12.2. The highest BCUT2D eigenvalue weighted by atomic mass is 16.5. The zero-order valence-electron chi connectivity index (χ0n) is 21.1. The Morgan fingerprint density at radius 2 is 1.67 bits per heavy atom. The smallest absolute Gasteiger partial charge is 0.254 e. The van der Waals surface area contributed by atoms with Gasteiger partial charge in [-0.15, -0.1) is 0 Å². The maximum atomic E-state index is 13.3. The van der Waals surface area contributed by atoms with Crippen molar-refractivity contribution in [3.8, 4) is 11.5 Å². The highest BCUT2D eigenvalue weighted by Crippen LogP contribution is 2.29. The van der Waals surface area contributed by atoms with Crippen molar-refractivity contribution < 1.29 is 19.1 Å². The molecule has 1 aliphatic rings. The molecule has 36 heavy (non-hydrogen) atoms. The molecule has 3 aromatic carbocycles. The molecule has 1 N–H and O–H groups in total. The number of methoxy groups -OCH3 is 2. The fourth-order valence-corrected chi connectivity index (χ4v) is 4.72. The summed E-state index contributed by atoms with van der Waals surface area (Å²) in [6, 6.07) is 21.8. The lowest BCUT2D eigenvalue weighted by Gasteiger charge is -2.40. The molecule has 0 aromatic heterocycles. The normalized spacial score (nSPS) is 14.7. The van der Waals surface area contributed by atoms with E-state index in [1.807, 2.05) is 30.3 Å². The number of benzene rings is 3. The second-order valence-corrected chi connectivity index (χ2v) is 8.84. The fourth-order valence-electron chi connectivity index (χ4n) is 4.72. The van der Waals surface area contributed by atoms with Crippen molar-refractivity contribution in [1.29, 1.82) is 0 Å². The van der Waals surface area contributed by atoms with Crippen LogP contribution in [0.4, 0.5) is 5.69 Å². The topological polar surface area (TPSA) is 71.1 Å². The zero-order chi connectivity index (χ0) is 25.5. The summed E-state index contributed by atoms with van der Waals surface area (Å²) in [6.45, 7) is 5.81. The third-order valence-electron chi connectivity index (χ3n) is 6.81. The van der Waals surface area contributed by atoms with Crippen LogP contribution in [0.25, 0.3) is 0 Å². The Morgan fingerprint density at radius 3 is 2.33 bits per heavy atom. The van der Waals surface area contributed by atoms with Crippen molar-refractivity contribution in [3.05, 3.63) is 89.0 Å². The van der Waals surface area contributed by atoms with Gasteiger partial charge in [0.1, 0.15) is 0 Å². The summed E-state index contributed by atoms with van der Waals surface area (Å²) in [6.07, 6.45) is 0.753. The lowest BCUT2D eigenvalue weighted by atomic mass is 10.0. The Balaban J connectivity index is 1.47. The predicted octanol–water partition coefficient (Wildman–Crippen LogP) is 4.33. The van der Waals surface area contributed by atoms with Crippen LogP contribution in [0, 0.1) is 0 Å². The van der Waals surface area contributed by atoms with Crippen LogP contribution in [0.1, 0.15) is 44.8 Å². The van der Waals surface area contributed by atoms with E-state index in [2.05, 4.69) is 46.3 Å². The number of carbonyl (C=O) groups excluding carboxylic acids is 2. The number of hydrogen-bond donors (Lipinski definition) is 1. The largest absolute Gasteiger partial charge is 0.493 e. The average molecular weight is 488 g/mol. The maximum absolute atomic E-state index is 13.3. The van der Waals surface area contributed by atoms with Crippen molar-refractivity contribution in [2.24, 2.45) is 0 Å². The molecule has 3 aromatic rings. The number of rotatable bonds is 9. The molecule has 7 heteroatoms. The number of carbonyl (C=O) groups is 2. The van der Waals surface area contributed by atoms with Gasteiger partial charge in [0.15, 0.2) is 17.8 Å². The summed E-state index contributed by atoms with van der Waals surface area (Å²) in [5, 5.41) is 2.98. The molecule has 4 rings (SSSR count). The van der Waals surface area contributed by atoms with Crippen LogP contribution >= 0.6 is 0 Å². The van der Waals surface area contributed by atoms with E-state index in [0.29, 0.717) is 35.2 Å². The van der Waals surface area contributed by atoms with Crippen LogP contribution in [0.5, 0.6) is 11.5 Å². The minimum absolute atomic E-state index is 0.275. The number of ether oxygens (including phenoxy) is 2. The average Bonchev–Trinajstić information content (AvgIpc) is 2.95. The molecule has 1 atom stereocenters. The van der Waals surface area contributed by atoms with Crippen LogP contribution in [-0.2, 0) is 6.54 Å². The lowest BCUT2D eigenvalue weighted by Crippen LogP contribution is -2.47. The number of nitrogens with zero attached hydrogens (tertiary/aromatic N) is 2. The highest BCUT2D eigenvalue weighted by molar-refractivity contribution is 6.06. The second-order valence-electron chi connectivity index (χ2n) is 8.84. The molecule has 1 heterocycles. The molecule has 0 spiro atoms. The summed E-state index contributed by atoms with van der Waals surface area (Å²) >= 11 is 0. The van der Waals surface area contributed by atoms with Crippen molar-refractivity contribution in [2.75, 3.05) is 45.3 Å². The number of hydrogen-bond acceptors (Lipinski definition) is 6. The fraction of sp³-hybridized carbons (Fsp3) is 0.310. The summed E-state index contributed by atoms with van der Waals surface area (Å²) < 4.78 is 10.6. The van der Waals surface area contributed by atoms with Crippen molar-refractivity contribution >= 4 is 17.9 Å². The van der Waals surface area contributed by atoms with E-state index in [4.69, 9.17) is 9.47 Å². The van der Waals surface area contributed by atoms with Crippen molar-refractivity contribution in [2.45, 2.75) is 19.5 Å². The summed E-state index contributed by atoms with van der Waals surface area (Å²) in [5.41, 5.74) is 3.75. The number of nitrogens with one attached hydrogen (secondary N) is 1. The van der Waals surface area contributed by atoms with Crippen LogP contribution < -0.4 is 19.7 Å². The standard InChI is InChI=1S/C29H33N3O4/c1-21(23-8-5-4-6-9-23)31-14-16-32(17-15-31)25-11-7-10-24(20-33)28(25)29(34)30-19-22-12-13-26(35-2)27(18-22)36-3/h4-13,18,20-21H,14-17,19H2,1-3H3,(H,30,34). The molecule has 1 fully saturated rings. The van der Waals surface area contributed by atoms with E-state index in [0.717, 1.165) is 43.7 Å². The van der Waals surface area contributed by atoms with Crippen molar-refractivity contribution in [1.82, 2.24) is 10.2 Å². The maximum Gasteiger partial charge on any atom is 0.254 e. The number of amides is 1. The quantitative estimate of drug-likeness (QED) is 0.453. The van der Waals surface area contributed by atoms with Gasteiger partial charge in [-0.2, -0.15) is 0 Å². The predicted molar refractivity (Wildman–Crippen MR) is 141 cm³/mol. The molecular weight excluding hydrogens is 454 g/mol. The minimum atomic E-state index is -0.275. The Labute approximate surface area is 212 Å². The Bertz CT molecular complexity index is 1190. The molecule has 0 saturated carbocycles. The van der Waals surface area contributed by atoms with Gasteiger partial charge < -0.3 is 19.7 Å². The molecule has 7 nitrogen and oxygen atoms in total. The van der Waals surface area contributed by atoms with Gasteiger partial charge in [-0.25, -0.2) is 0 Å². The monoisotopic (exact) mass is 487 g/mol. The van der Waals surface area contributed by atoms with Gasteiger partial charge in [0, 0.05) is 44.3 Å². The molecule has 1 unspecified atom stereocenters.